The minimum atomic E-state index is -0.997. The number of nitrogens with one attached hydrogen (secondary N) is 1. The van der Waals surface area contributed by atoms with E-state index in [2.05, 4.69) is 5.32 Å². The Morgan fingerprint density at radius 2 is 2.04 bits per heavy atom. The molecule has 0 saturated heterocycles. The molecular weight excluding hydrogens is 347 g/mol. The van der Waals surface area contributed by atoms with Gasteiger partial charge in [0, 0.05) is 22.7 Å². The number of carbonyl (C=O) groups is 1. The van der Waals surface area contributed by atoms with E-state index in [0.717, 1.165) is 18.2 Å². The van der Waals surface area contributed by atoms with E-state index >= 15 is 0 Å². The van der Waals surface area contributed by atoms with Crippen LogP contribution in [0, 0.1) is 22.9 Å². The first-order valence-corrected chi connectivity index (χ1v) is 7.29. The Kier molecular flexibility index (Phi) is 4.13. The van der Waals surface area contributed by atoms with Crippen molar-refractivity contribution >= 4 is 28.3 Å². The van der Waals surface area contributed by atoms with Gasteiger partial charge in [-0.25, -0.2) is 9.18 Å². The number of rotatable bonds is 3. The number of halogens is 1. The van der Waals surface area contributed by atoms with Gasteiger partial charge in [-0.15, -0.1) is 0 Å². The van der Waals surface area contributed by atoms with Crippen LogP contribution in [0.3, 0.4) is 0 Å². The normalized spacial score (nSPS) is 10.7. The zero-order chi connectivity index (χ0) is 19.0. The second-order valence-electron chi connectivity index (χ2n) is 5.46. The Morgan fingerprint density at radius 1 is 1.31 bits per heavy atom. The first-order valence-electron chi connectivity index (χ1n) is 7.29. The van der Waals surface area contributed by atoms with E-state index in [1.54, 1.807) is 0 Å². The SMILES string of the molecule is Cc1c(O)c([N+](=O)[O-])cc2cc(C(=O)Nc3cccc(F)c3)c(=O)oc12. The third-order valence-corrected chi connectivity index (χ3v) is 3.73. The van der Waals surface area contributed by atoms with Crippen LogP contribution in [0.5, 0.6) is 5.75 Å². The van der Waals surface area contributed by atoms with Crippen molar-refractivity contribution in [3.63, 3.8) is 0 Å². The van der Waals surface area contributed by atoms with Crippen molar-refractivity contribution in [3.8, 4) is 5.75 Å². The van der Waals surface area contributed by atoms with Gasteiger partial charge in [0.1, 0.15) is 17.0 Å². The minimum absolute atomic E-state index is 0.00314. The number of nitro groups is 1. The molecule has 1 heterocycles. The zero-order valence-electron chi connectivity index (χ0n) is 13.3. The zero-order valence-corrected chi connectivity index (χ0v) is 13.3. The highest BCUT2D eigenvalue weighted by molar-refractivity contribution is 6.05. The van der Waals surface area contributed by atoms with Gasteiger partial charge < -0.3 is 14.8 Å². The Labute approximate surface area is 144 Å². The molecule has 132 valence electrons. The van der Waals surface area contributed by atoms with Crippen molar-refractivity contribution in [2.75, 3.05) is 5.32 Å². The van der Waals surface area contributed by atoms with Crippen LogP contribution in [-0.4, -0.2) is 15.9 Å². The van der Waals surface area contributed by atoms with Gasteiger partial charge in [-0.05, 0) is 31.2 Å². The molecule has 0 fully saturated rings. The first-order chi connectivity index (χ1) is 12.3. The summed E-state index contributed by atoms with van der Waals surface area (Å²) in [6, 6.07) is 7.18. The van der Waals surface area contributed by atoms with Crippen LogP contribution < -0.4 is 10.9 Å². The van der Waals surface area contributed by atoms with Gasteiger partial charge in [0.25, 0.3) is 5.91 Å². The third-order valence-electron chi connectivity index (χ3n) is 3.73. The fourth-order valence-electron chi connectivity index (χ4n) is 2.46. The summed E-state index contributed by atoms with van der Waals surface area (Å²) in [5.74, 6) is -2.06. The molecule has 0 saturated carbocycles. The summed E-state index contributed by atoms with van der Waals surface area (Å²) in [6.45, 7) is 1.35. The average Bonchev–Trinajstić information content (AvgIpc) is 2.57. The Bertz CT molecular complexity index is 1120. The lowest BCUT2D eigenvalue weighted by Crippen LogP contribution is -2.20. The summed E-state index contributed by atoms with van der Waals surface area (Å²) in [6.07, 6.45) is 0. The van der Waals surface area contributed by atoms with Crippen LogP contribution in [0.1, 0.15) is 15.9 Å². The Hall–Kier alpha value is -3.75. The minimum Gasteiger partial charge on any atom is -0.502 e. The highest BCUT2D eigenvalue weighted by atomic mass is 19.1. The molecule has 9 heteroatoms. The van der Waals surface area contributed by atoms with Crippen molar-refractivity contribution in [2.24, 2.45) is 0 Å². The van der Waals surface area contributed by atoms with E-state index in [0.29, 0.717) is 0 Å². The summed E-state index contributed by atoms with van der Waals surface area (Å²) in [5.41, 5.74) is -1.93. The summed E-state index contributed by atoms with van der Waals surface area (Å²) >= 11 is 0. The van der Waals surface area contributed by atoms with E-state index in [9.17, 15) is 29.2 Å². The highest BCUT2D eigenvalue weighted by Gasteiger charge is 2.22. The topological polar surface area (TPSA) is 123 Å². The molecule has 0 aliphatic rings. The maximum Gasteiger partial charge on any atom is 0.349 e. The molecule has 0 bridgehead atoms. The maximum atomic E-state index is 13.2. The Balaban J connectivity index is 2.10. The van der Waals surface area contributed by atoms with Crippen molar-refractivity contribution in [1.29, 1.82) is 0 Å². The van der Waals surface area contributed by atoms with Crippen LogP contribution in [-0.2, 0) is 0 Å². The molecule has 3 aromatic rings. The lowest BCUT2D eigenvalue weighted by atomic mass is 10.1. The van der Waals surface area contributed by atoms with Gasteiger partial charge in [0.15, 0.2) is 0 Å². The fourth-order valence-corrected chi connectivity index (χ4v) is 2.46. The smallest absolute Gasteiger partial charge is 0.349 e. The average molecular weight is 358 g/mol. The molecule has 1 amide bonds. The lowest BCUT2D eigenvalue weighted by Gasteiger charge is -2.07. The van der Waals surface area contributed by atoms with Crippen LogP contribution >= 0.6 is 0 Å². The van der Waals surface area contributed by atoms with Gasteiger partial charge in [-0.3, -0.25) is 14.9 Å². The highest BCUT2D eigenvalue weighted by Crippen LogP contribution is 2.35. The summed E-state index contributed by atoms with van der Waals surface area (Å²) in [7, 11) is 0. The molecule has 2 aromatic carbocycles. The van der Waals surface area contributed by atoms with Crippen molar-refractivity contribution < 1.29 is 23.6 Å². The van der Waals surface area contributed by atoms with Gasteiger partial charge in [-0.2, -0.15) is 0 Å². The molecule has 26 heavy (non-hydrogen) atoms. The molecule has 0 aliphatic heterocycles. The number of nitrogens with zero attached hydrogens (tertiary/aromatic N) is 1. The van der Waals surface area contributed by atoms with Crippen molar-refractivity contribution in [3.05, 3.63) is 73.9 Å². The molecule has 0 radical (unpaired) electrons. The van der Waals surface area contributed by atoms with Crippen molar-refractivity contribution in [2.45, 2.75) is 6.92 Å². The molecule has 8 nitrogen and oxygen atoms in total. The Morgan fingerprint density at radius 3 is 2.69 bits per heavy atom. The number of phenolic OH excluding ortho intramolecular Hbond substituents is 1. The van der Waals surface area contributed by atoms with E-state index in [1.165, 1.54) is 25.1 Å². The first kappa shape index (κ1) is 17.1. The number of benzene rings is 2. The summed E-state index contributed by atoms with van der Waals surface area (Å²) < 4.78 is 18.2. The third kappa shape index (κ3) is 2.97. The standard InChI is InChI=1S/C17H11FN2O6/c1-8-14(21)13(20(24)25)6-9-5-12(17(23)26-15(8)9)16(22)19-11-4-2-3-10(18)7-11/h2-7,21H,1H3,(H,19,22). The number of hydrogen-bond donors (Lipinski definition) is 2. The van der Waals surface area contributed by atoms with Crippen LogP contribution in [0.4, 0.5) is 15.8 Å². The predicted octanol–water partition coefficient (Wildman–Crippen LogP) is 3.11. The van der Waals surface area contributed by atoms with E-state index in [1.807, 2.05) is 0 Å². The lowest BCUT2D eigenvalue weighted by molar-refractivity contribution is -0.385. The molecule has 0 unspecified atom stereocenters. The number of amides is 1. The van der Waals surface area contributed by atoms with E-state index in [-0.39, 0.29) is 22.2 Å². The molecule has 0 atom stereocenters. The van der Waals surface area contributed by atoms with Crippen molar-refractivity contribution in [1.82, 2.24) is 0 Å². The second kappa shape index (κ2) is 6.28. The fraction of sp³-hybridized carbons (Fsp3) is 0.0588. The second-order valence-corrected chi connectivity index (χ2v) is 5.46. The van der Waals surface area contributed by atoms with Crippen LogP contribution in [0.25, 0.3) is 11.0 Å². The van der Waals surface area contributed by atoms with E-state index in [4.69, 9.17) is 4.42 Å². The number of nitro benzene ring substituents is 1. The quantitative estimate of drug-likeness (QED) is 0.421. The molecular formula is C17H11FN2O6. The number of phenols is 1. The van der Waals surface area contributed by atoms with Crippen LogP contribution in [0.2, 0.25) is 0 Å². The van der Waals surface area contributed by atoms with Gasteiger partial charge in [0.2, 0.25) is 5.75 Å². The summed E-state index contributed by atoms with van der Waals surface area (Å²) in [4.78, 5) is 34.6. The number of aryl methyl sites for hydroxylation is 1. The largest absolute Gasteiger partial charge is 0.502 e. The predicted molar refractivity (Wildman–Crippen MR) is 89.9 cm³/mol. The number of fused-ring (bicyclic) bond motifs is 1. The number of hydrogen-bond acceptors (Lipinski definition) is 6. The monoisotopic (exact) mass is 358 g/mol. The number of anilines is 1. The summed E-state index contributed by atoms with van der Waals surface area (Å²) in [5, 5.41) is 23.3. The molecule has 1 aromatic heterocycles. The van der Waals surface area contributed by atoms with Crippen LogP contribution in [0.15, 0.2) is 45.6 Å². The van der Waals surface area contributed by atoms with E-state index < -0.39 is 39.3 Å². The molecule has 0 aliphatic carbocycles. The number of aromatic hydroxyl groups is 1. The van der Waals surface area contributed by atoms with Gasteiger partial charge in [0.05, 0.1) is 4.92 Å². The maximum absolute atomic E-state index is 13.2. The van der Waals surface area contributed by atoms with Gasteiger partial charge >= 0.3 is 11.3 Å². The number of carbonyl (C=O) groups excluding carboxylic acids is 1. The molecule has 2 N–H and O–H groups in total. The molecule has 3 rings (SSSR count). The van der Waals surface area contributed by atoms with Gasteiger partial charge in [-0.1, -0.05) is 6.07 Å². The molecule has 0 spiro atoms.